The molecule has 0 spiro atoms. The van der Waals surface area contributed by atoms with E-state index in [2.05, 4.69) is 15.6 Å². The predicted octanol–water partition coefficient (Wildman–Crippen LogP) is 1.50. The molecule has 0 aliphatic heterocycles. The van der Waals surface area contributed by atoms with Gasteiger partial charge in [0.1, 0.15) is 17.5 Å². The highest BCUT2D eigenvalue weighted by Crippen LogP contribution is 2.08. The van der Waals surface area contributed by atoms with Crippen molar-refractivity contribution < 1.29 is 14.3 Å². The number of rotatable bonds is 4. The molecule has 122 valence electrons. The minimum atomic E-state index is -0.697. The first kappa shape index (κ1) is 17.7. The molecule has 2 amide bonds. The minimum absolute atomic E-state index is 0.304. The molecule has 1 atom stereocenters. The van der Waals surface area contributed by atoms with E-state index in [4.69, 9.17) is 10.5 Å². The number of hydrogen-bond donors (Lipinski definition) is 3. The van der Waals surface area contributed by atoms with Gasteiger partial charge in [0.25, 0.3) is 0 Å². The third-order valence-corrected chi connectivity index (χ3v) is 2.80. The van der Waals surface area contributed by atoms with Crippen LogP contribution in [0.5, 0.6) is 0 Å². The zero-order valence-corrected chi connectivity index (χ0v) is 13.7. The number of carbonyl (C=O) groups is 2. The molecule has 0 saturated heterocycles. The zero-order valence-electron chi connectivity index (χ0n) is 13.7. The second kappa shape index (κ2) is 7.11. The van der Waals surface area contributed by atoms with Crippen LogP contribution in [0.1, 0.15) is 39.0 Å². The molecule has 0 aromatic carbocycles. The summed E-state index contributed by atoms with van der Waals surface area (Å²) in [5.41, 5.74) is 6.60. The number of nitrogens with one attached hydrogen (secondary N) is 2. The summed E-state index contributed by atoms with van der Waals surface area (Å²) >= 11 is 0. The number of hydrogen-bond acceptors (Lipinski definition) is 5. The van der Waals surface area contributed by atoms with Gasteiger partial charge in [0.2, 0.25) is 5.91 Å². The number of anilines is 1. The van der Waals surface area contributed by atoms with Crippen LogP contribution in [0.15, 0.2) is 12.1 Å². The average Bonchev–Trinajstić information content (AvgIpc) is 2.34. The van der Waals surface area contributed by atoms with Gasteiger partial charge in [0.05, 0.1) is 0 Å². The first-order valence-corrected chi connectivity index (χ1v) is 7.07. The van der Waals surface area contributed by atoms with Gasteiger partial charge >= 0.3 is 6.09 Å². The molecule has 1 aromatic rings. The van der Waals surface area contributed by atoms with E-state index in [-0.39, 0.29) is 5.91 Å². The number of aromatic nitrogens is 1. The molecule has 22 heavy (non-hydrogen) atoms. The fraction of sp³-hybridized carbons (Fsp3) is 0.533. The second-order valence-corrected chi connectivity index (χ2v) is 6.07. The maximum absolute atomic E-state index is 12.0. The Hall–Kier alpha value is -2.31. The number of amides is 2. The van der Waals surface area contributed by atoms with Gasteiger partial charge in [-0.3, -0.25) is 4.79 Å². The van der Waals surface area contributed by atoms with Crippen LogP contribution in [-0.4, -0.2) is 28.6 Å². The van der Waals surface area contributed by atoms with Crippen LogP contribution in [0.2, 0.25) is 0 Å². The van der Waals surface area contributed by atoms with E-state index in [9.17, 15) is 9.59 Å². The van der Waals surface area contributed by atoms with Crippen molar-refractivity contribution in [1.82, 2.24) is 15.6 Å². The van der Waals surface area contributed by atoms with Gasteiger partial charge < -0.3 is 21.1 Å². The van der Waals surface area contributed by atoms with Crippen molar-refractivity contribution in [1.29, 1.82) is 0 Å². The molecule has 0 aliphatic rings. The largest absolute Gasteiger partial charge is 0.444 e. The summed E-state index contributed by atoms with van der Waals surface area (Å²) in [5, 5.41) is 5.22. The average molecular weight is 308 g/mol. The first-order valence-electron chi connectivity index (χ1n) is 7.07. The number of aryl methyl sites for hydroxylation is 1. The van der Waals surface area contributed by atoms with Crippen LogP contribution >= 0.6 is 0 Å². The summed E-state index contributed by atoms with van der Waals surface area (Å²) in [5.74, 6) is 0.134. The topological polar surface area (TPSA) is 106 Å². The van der Waals surface area contributed by atoms with Crippen molar-refractivity contribution in [2.45, 2.75) is 52.8 Å². The molecule has 1 aromatic heterocycles. The number of nitrogens with zero attached hydrogens (tertiary/aromatic N) is 1. The molecule has 0 saturated carbocycles. The number of nitrogens with two attached hydrogens (primary N) is 1. The number of alkyl carbamates (subject to hydrolysis) is 1. The van der Waals surface area contributed by atoms with E-state index in [1.54, 1.807) is 33.8 Å². The molecule has 1 rings (SSSR count). The Morgan fingerprint density at radius 3 is 2.55 bits per heavy atom. The van der Waals surface area contributed by atoms with Crippen LogP contribution in [-0.2, 0) is 16.1 Å². The van der Waals surface area contributed by atoms with E-state index in [1.165, 1.54) is 0 Å². The van der Waals surface area contributed by atoms with Gasteiger partial charge in [0.15, 0.2) is 0 Å². The predicted molar refractivity (Wildman–Crippen MR) is 84.1 cm³/mol. The Labute approximate surface area is 130 Å². The van der Waals surface area contributed by atoms with Crippen LogP contribution in [0.25, 0.3) is 0 Å². The summed E-state index contributed by atoms with van der Waals surface area (Å²) in [6.45, 7) is 9.00. The van der Waals surface area contributed by atoms with Crippen molar-refractivity contribution in [3.8, 4) is 0 Å². The van der Waals surface area contributed by atoms with Crippen LogP contribution in [0.3, 0.4) is 0 Å². The zero-order chi connectivity index (χ0) is 16.9. The van der Waals surface area contributed by atoms with Gasteiger partial charge in [-0.05, 0) is 46.2 Å². The summed E-state index contributed by atoms with van der Waals surface area (Å²) in [6, 6.07) is 2.79. The van der Waals surface area contributed by atoms with Gasteiger partial charge in [-0.2, -0.15) is 0 Å². The Morgan fingerprint density at radius 2 is 2.00 bits per heavy atom. The molecule has 0 unspecified atom stereocenters. The molecule has 7 nitrogen and oxygen atoms in total. The van der Waals surface area contributed by atoms with Crippen molar-refractivity contribution in [3.05, 3.63) is 23.4 Å². The van der Waals surface area contributed by atoms with E-state index in [0.717, 1.165) is 11.3 Å². The van der Waals surface area contributed by atoms with Crippen molar-refractivity contribution in [3.63, 3.8) is 0 Å². The van der Waals surface area contributed by atoms with E-state index >= 15 is 0 Å². The van der Waals surface area contributed by atoms with E-state index < -0.39 is 17.7 Å². The minimum Gasteiger partial charge on any atom is -0.444 e. The summed E-state index contributed by atoms with van der Waals surface area (Å²) in [7, 11) is 0. The highest BCUT2D eigenvalue weighted by molar-refractivity contribution is 5.85. The Balaban J connectivity index is 2.49. The maximum atomic E-state index is 12.0. The second-order valence-electron chi connectivity index (χ2n) is 6.07. The molecular weight excluding hydrogens is 284 g/mol. The van der Waals surface area contributed by atoms with Crippen molar-refractivity contribution in [2.24, 2.45) is 0 Å². The van der Waals surface area contributed by atoms with Crippen molar-refractivity contribution >= 4 is 17.8 Å². The molecule has 1 heterocycles. The number of pyridine rings is 1. The molecule has 0 fully saturated rings. The highest BCUT2D eigenvalue weighted by atomic mass is 16.6. The third kappa shape index (κ3) is 5.99. The van der Waals surface area contributed by atoms with Gasteiger partial charge in [-0.25, -0.2) is 9.78 Å². The highest BCUT2D eigenvalue weighted by Gasteiger charge is 2.20. The van der Waals surface area contributed by atoms with Crippen LogP contribution < -0.4 is 16.4 Å². The Bertz CT molecular complexity index is 552. The third-order valence-electron chi connectivity index (χ3n) is 2.80. The normalized spacial score (nSPS) is 12.4. The summed E-state index contributed by atoms with van der Waals surface area (Å²) < 4.78 is 5.10. The van der Waals surface area contributed by atoms with Crippen molar-refractivity contribution in [2.75, 3.05) is 5.73 Å². The molecule has 0 radical (unpaired) electrons. The quantitative estimate of drug-likeness (QED) is 0.781. The van der Waals surface area contributed by atoms with Gasteiger partial charge in [0, 0.05) is 12.2 Å². The van der Waals surface area contributed by atoms with Crippen LogP contribution in [0, 0.1) is 6.92 Å². The number of ether oxygens (including phenoxy) is 1. The smallest absolute Gasteiger partial charge is 0.408 e. The first-order chi connectivity index (χ1) is 10.1. The molecule has 7 heteroatoms. The fourth-order valence-electron chi connectivity index (χ4n) is 1.68. The van der Waals surface area contributed by atoms with Gasteiger partial charge in [-0.1, -0.05) is 6.07 Å². The fourth-order valence-corrected chi connectivity index (χ4v) is 1.68. The lowest BCUT2D eigenvalue weighted by Crippen LogP contribution is -2.46. The molecule has 4 N–H and O–H groups in total. The van der Waals surface area contributed by atoms with Gasteiger partial charge in [-0.15, -0.1) is 0 Å². The van der Waals surface area contributed by atoms with E-state index in [0.29, 0.717) is 12.4 Å². The van der Waals surface area contributed by atoms with Crippen LogP contribution in [0.4, 0.5) is 10.6 Å². The Kier molecular flexibility index (Phi) is 5.73. The lowest BCUT2D eigenvalue weighted by atomic mass is 10.2. The summed E-state index contributed by atoms with van der Waals surface area (Å²) in [4.78, 5) is 27.7. The Morgan fingerprint density at radius 1 is 1.36 bits per heavy atom. The lowest BCUT2D eigenvalue weighted by Gasteiger charge is -2.21. The number of nitrogen functional groups attached to an aromatic ring is 1. The SMILES string of the molecule is Cc1nc(N)ccc1CNC(=O)[C@H](C)NC(=O)OC(C)(C)C. The standard InChI is InChI=1S/C15H24N4O3/c1-9-11(6-7-12(16)18-9)8-17-13(20)10(2)19-14(21)22-15(3,4)5/h6-7,10H,8H2,1-5H3,(H2,16,18)(H,17,20)(H,19,21)/t10-/m0/s1. The monoisotopic (exact) mass is 308 g/mol. The number of carbonyl (C=O) groups excluding carboxylic acids is 2. The maximum Gasteiger partial charge on any atom is 0.408 e. The molecule has 0 aliphatic carbocycles. The molecule has 0 bridgehead atoms. The molecular formula is C15H24N4O3. The van der Waals surface area contributed by atoms with E-state index in [1.807, 2.05) is 13.0 Å². The lowest BCUT2D eigenvalue weighted by molar-refractivity contribution is -0.122. The summed E-state index contributed by atoms with van der Waals surface area (Å²) in [6.07, 6.45) is -0.625.